The molecule has 0 radical (unpaired) electrons. The third kappa shape index (κ3) is 3.01. The molecule has 0 aromatic rings. The molecule has 0 spiro atoms. The molecule has 0 heterocycles. The van der Waals surface area contributed by atoms with Crippen molar-refractivity contribution in [1.82, 2.24) is 4.90 Å². The van der Waals surface area contributed by atoms with Crippen molar-refractivity contribution in [3.63, 3.8) is 0 Å². The monoisotopic (exact) mass is 267 g/mol. The third-order valence-corrected chi connectivity index (χ3v) is 3.57. The Morgan fingerprint density at radius 2 is 2.06 bits per heavy atom. The van der Waals surface area contributed by atoms with Gasteiger partial charge in [-0.25, -0.2) is 0 Å². The smallest absolute Gasteiger partial charge is 0.308 e. The highest BCUT2D eigenvalue weighted by atomic mass is 35.5. The van der Waals surface area contributed by atoms with Gasteiger partial charge in [0.15, 0.2) is 0 Å². The Labute approximate surface area is 105 Å². The first-order chi connectivity index (χ1) is 7.29. The van der Waals surface area contributed by atoms with Crippen LogP contribution in [0.4, 0.5) is 0 Å². The number of carbonyl (C=O) groups excluding carboxylic acids is 1. The predicted molar refractivity (Wildman–Crippen MR) is 61.6 cm³/mol. The quantitative estimate of drug-likeness (QED) is 0.773. The number of rotatable bonds is 5. The molecule has 4 nitrogen and oxygen atoms in total. The van der Waals surface area contributed by atoms with Crippen LogP contribution in [0.2, 0.25) is 0 Å². The summed E-state index contributed by atoms with van der Waals surface area (Å²) >= 11 is 11.6. The molecule has 1 N–H and O–H groups in total. The Balaban J connectivity index is 2.55. The number of aliphatic carboxylic acids is 1. The highest BCUT2D eigenvalue weighted by Crippen LogP contribution is 2.53. The molecule has 2 atom stereocenters. The number of nitrogens with zero attached hydrogens (tertiary/aromatic N) is 1. The van der Waals surface area contributed by atoms with Crippen molar-refractivity contribution in [3.05, 3.63) is 0 Å². The number of alkyl halides is 2. The number of amides is 1. The molecule has 1 amide bonds. The minimum atomic E-state index is -0.947. The van der Waals surface area contributed by atoms with Gasteiger partial charge in [0.05, 0.1) is 11.8 Å². The average Bonchev–Trinajstić information content (AvgIpc) is 2.82. The van der Waals surface area contributed by atoms with Crippen molar-refractivity contribution < 1.29 is 14.7 Å². The lowest BCUT2D eigenvalue weighted by atomic mass is 10.1. The van der Waals surface area contributed by atoms with Gasteiger partial charge in [-0.15, -0.1) is 23.2 Å². The van der Waals surface area contributed by atoms with Crippen molar-refractivity contribution in [1.29, 1.82) is 0 Å². The first-order valence-corrected chi connectivity index (χ1v) is 5.94. The molecule has 0 aromatic carbocycles. The summed E-state index contributed by atoms with van der Waals surface area (Å²) in [5, 5.41) is 8.77. The molecular formula is C10H15Cl2NO3. The van der Waals surface area contributed by atoms with Crippen molar-refractivity contribution in [2.75, 3.05) is 13.1 Å². The van der Waals surface area contributed by atoms with E-state index in [0.29, 0.717) is 13.0 Å². The number of carboxylic acids is 1. The summed E-state index contributed by atoms with van der Waals surface area (Å²) in [5.74, 6) is -2.02. The third-order valence-electron chi connectivity index (χ3n) is 2.73. The van der Waals surface area contributed by atoms with Crippen LogP contribution in [0.25, 0.3) is 0 Å². The number of carbonyl (C=O) groups is 2. The van der Waals surface area contributed by atoms with Crippen LogP contribution < -0.4 is 0 Å². The van der Waals surface area contributed by atoms with E-state index in [2.05, 4.69) is 0 Å². The second-order valence-corrected chi connectivity index (χ2v) is 5.68. The predicted octanol–water partition coefficient (Wildman–Crippen LogP) is 1.75. The summed E-state index contributed by atoms with van der Waals surface area (Å²) < 4.78 is -0.947. The number of carboxylic acid groups (broad SMARTS) is 1. The maximum Gasteiger partial charge on any atom is 0.308 e. The van der Waals surface area contributed by atoms with E-state index in [0.717, 1.165) is 0 Å². The first kappa shape index (κ1) is 13.6. The zero-order valence-electron chi connectivity index (χ0n) is 9.24. The second-order valence-electron chi connectivity index (χ2n) is 4.13. The zero-order chi connectivity index (χ0) is 12.5. The van der Waals surface area contributed by atoms with E-state index >= 15 is 0 Å². The molecule has 1 aliphatic rings. The summed E-state index contributed by atoms with van der Waals surface area (Å²) in [7, 11) is 0. The highest BCUT2D eigenvalue weighted by Gasteiger charge is 2.57. The first-order valence-electron chi connectivity index (χ1n) is 5.19. The summed E-state index contributed by atoms with van der Waals surface area (Å²) in [6, 6.07) is 0. The normalized spacial score (nSPS) is 23.6. The lowest BCUT2D eigenvalue weighted by Crippen LogP contribution is -2.38. The van der Waals surface area contributed by atoms with Crippen LogP contribution in [0.5, 0.6) is 0 Å². The topological polar surface area (TPSA) is 57.6 Å². The molecule has 1 rings (SSSR count). The van der Waals surface area contributed by atoms with Gasteiger partial charge in [0, 0.05) is 13.1 Å². The summed E-state index contributed by atoms with van der Waals surface area (Å²) in [6.07, 6.45) is 0.451. The van der Waals surface area contributed by atoms with Gasteiger partial charge in [0.1, 0.15) is 4.33 Å². The fraction of sp³-hybridized carbons (Fsp3) is 0.800. The van der Waals surface area contributed by atoms with Crippen molar-refractivity contribution >= 4 is 35.1 Å². The van der Waals surface area contributed by atoms with E-state index in [-0.39, 0.29) is 18.4 Å². The summed E-state index contributed by atoms with van der Waals surface area (Å²) in [4.78, 5) is 24.1. The fourth-order valence-corrected chi connectivity index (χ4v) is 1.98. The van der Waals surface area contributed by atoms with Crippen LogP contribution in [-0.2, 0) is 9.59 Å². The molecule has 16 heavy (non-hydrogen) atoms. The van der Waals surface area contributed by atoms with Crippen molar-refractivity contribution in [2.45, 2.75) is 24.6 Å². The van der Waals surface area contributed by atoms with E-state index in [1.165, 1.54) is 4.90 Å². The Kier molecular flexibility index (Phi) is 4.07. The van der Waals surface area contributed by atoms with Crippen LogP contribution in [0.3, 0.4) is 0 Å². The molecule has 1 fully saturated rings. The molecule has 1 aliphatic carbocycles. The van der Waals surface area contributed by atoms with Crippen LogP contribution in [0, 0.1) is 11.8 Å². The van der Waals surface area contributed by atoms with Gasteiger partial charge in [0.2, 0.25) is 5.91 Å². The van der Waals surface area contributed by atoms with Gasteiger partial charge in [-0.05, 0) is 13.3 Å². The van der Waals surface area contributed by atoms with Gasteiger partial charge >= 0.3 is 5.97 Å². The summed E-state index contributed by atoms with van der Waals surface area (Å²) in [6.45, 7) is 4.04. The van der Waals surface area contributed by atoms with Crippen molar-refractivity contribution in [3.8, 4) is 0 Å². The SMILES string of the molecule is CCN(C[C@@H](C)C(=O)O)C(=O)[C@@H]1CC1(Cl)Cl. The minimum Gasteiger partial charge on any atom is -0.481 e. The molecule has 0 aromatic heterocycles. The largest absolute Gasteiger partial charge is 0.481 e. The number of hydrogen-bond donors (Lipinski definition) is 1. The van der Waals surface area contributed by atoms with Crippen LogP contribution in [-0.4, -0.2) is 39.3 Å². The van der Waals surface area contributed by atoms with Gasteiger partial charge < -0.3 is 10.0 Å². The standard InChI is InChI=1S/C10H15Cl2NO3/c1-3-13(5-6(2)9(15)16)8(14)7-4-10(7,11)12/h6-7H,3-5H2,1-2H3,(H,15,16)/t6-,7+/m1/s1. The van der Waals surface area contributed by atoms with Crippen LogP contribution in [0.1, 0.15) is 20.3 Å². The van der Waals surface area contributed by atoms with E-state index in [9.17, 15) is 9.59 Å². The van der Waals surface area contributed by atoms with Gasteiger partial charge in [-0.3, -0.25) is 9.59 Å². The molecular weight excluding hydrogens is 253 g/mol. The Hall–Kier alpha value is -0.480. The van der Waals surface area contributed by atoms with Crippen LogP contribution in [0.15, 0.2) is 0 Å². The van der Waals surface area contributed by atoms with E-state index < -0.39 is 16.2 Å². The molecule has 0 bridgehead atoms. The molecule has 1 saturated carbocycles. The van der Waals surface area contributed by atoms with E-state index in [1.807, 2.05) is 0 Å². The summed E-state index contributed by atoms with van der Waals surface area (Å²) in [5.41, 5.74) is 0. The average molecular weight is 268 g/mol. The molecule has 0 saturated heterocycles. The minimum absolute atomic E-state index is 0.152. The van der Waals surface area contributed by atoms with E-state index in [4.69, 9.17) is 28.3 Å². The van der Waals surface area contributed by atoms with E-state index in [1.54, 1.807) is 13.8 Å². The molecule has 6 heteroatoms. The maximum absolute atomic E-state index is 11.9. The highest BCUT2D eigenvalue weighted by molar-refractivity contribution is 6.52. The maximum atomic E-state index is 11.9. The molecule has 92 valence electrons. The lowest BCUT2D eigenvalue weighted by Gasteiger charge is -2.23. The molecule has 0 aliphatic heterocycles. The van der Waals surface area contributed by atoms with Crippen molar-refractivity contribution in [2.24, 2.45) is 11.8 Å². The lowest BCUT2D eigenvalue weighted by molar-refractivity contribution is -0.143. The van der Waals surface area contributed by atoms with Gasteiger partial charge in [0.25, 0.3) is 0 Å². The Morgan fingerprint density at radius 3 is 2.38 bits per heavy atom. The van der Waals surface area contributed by atoms with Gasteiger partial charge in [-0.1, -0.05) is 6.92 Å². The number of hydrogen-bond acceptors (Lipinski definition) is 2. The second kappa shape index (κ2) is 4.80. The Morgan fingerprint density at radius 1 is 1.56 bits per heavy atom. The van der Waals surface area contributed by atoms with Gasteiger partial charge in [-0.2, -0.15) is 0 Å². The number of halogens is 2. The van der Waals surface area contributed by atoms with Crippen LogP contribution >= 0.6 is 23.2 Å². The Bertz CT molecular complexity index is 306. The zero-order valence-corrected chi connectivity index (χ0v) is 10.8. The molecule has 0 unspecified atom stereocenters. The fourth-order valence-electron chi connectivity index (χ4n) is 1.49.